The minimum absolute atomic E-state index is 0.185. The molecule has 0 aliphatic rings. The molecule has 27 heavy (non-hydrogen) atoms. The fourth-order valence-corrected chi connectivity index (χ4v) is 4.63. The molecule has 0 aliphatic heterocycles. The second-order valence-electron chi connectivity index (χ2n) is 8.68. The second-order valence-corrected chi connectivity index (χ2v) is 13.7. The van der Waals surface area contributed by atoms with Crippen LogP contribution in [0.1, 0.15) is 44.3 Å². The number of aryl methyl sites for hydroxylation is 4. The molecule has 1 aromatic carbocycles. The Morgan fingerprint density at radius 2 is 1.56 bits per heavy atom. The monoisotopic (exact) mass is 400 g/mol. The van der Waals surface area contributed by atoms with Crippen molar-refractivity contribution < 1.29 is 26.0 Å². The highest BCUT2D eigenvalue weighted by Gasteiger charge is 2.49. The third kappa shape index (κ3) is 3.98. The van der Waals surface area contributed by atoms with E-state index in [-0.39, 0.29) is 11.1 Å². The Labute approximate surface area is 170 Å². The van der Waals surface area contributed by atoms with E-state index in [1.54, 1.807) is 24.7 Å². The molecule has 1 aromatic heterocycles. The number of aromatic nitrogens is 1. The maximum Gasteiger partial charge on any atom is 0.397 e. The Morgan fingerprint density at radius 3 is 2.04 bits per heavy atom. The highest BCUT2D eigenvalue weighted by molar-refractivity contribution is 6.88. The number of alkyl halides is 3. The third-order valence-corrected chi connectivity index (χ3v) is 7.12. The maximum absolute atomic E-state index is 13.8. The van der Waals surface area contributed by atoms with Crippen molar-refractivity contribution >= 4 is 13.3 Å². The van der Waals surface area contributed by atoms with Gasteiger partial charge in [0, 0.05) is 25.0 Å². The first-order valence-corrected chi connectivity index (χ1v) is 12.3. The van der Waals surface area contributed by atoms with Gasteiger partial charge in [0.2, 0.25) is 5.69 Å². The summed E-state index contributed by atoms with van der Waals surface area (Å²) < 4.78 is 91.0. The van der Waals surface area contributed by atoms with E-state index in [9.17, 15) is 13.2 Å². The highest BCUT2D eigenvalue weighted by atomic mass is 28.3. The van der Waals surface area contributed by atoms with Gasteiger partial charge in [0.05, 0.1) is 13.5 Å². The van der Waals surface area contributed by atoms with Gasteiger partial charge in [-0.25, -0.2) is 4.57 Å². The maximum atomic E-state index is 13.8. The van der Waals surface area contributed by atoms with Gasteiger partial charge in [-0.1, -0.05) is 25.7 Å². The van der Waals surface area contributed by atoms with Crippen LogP contribution in [0.3, 0.4) is 0 Å². The molecule has 2 rings (SSSR count). The van der Waals surface area contributed by atoms with Crippen molar-refractivity contribution in [2.75, 3.05) is 0 Å². The molecule has 0 saturated carbocycles. The standard InChI is InChI=1S/C22H31F3NSi/c1-14-11-18(21(4,5)22(23,24)25)15(2)10-17(14)19-12-16(3)20(13-26(19)6)27(7,8)9/h10-13H,1-9H3/q+1/i2D3,3D3. The summed E-state index contributed by atoms with van der Waals surface area (Å²) in [6.45, 7) is 4.45. The van der Waals surface area contributed by atoms with Crippen molar-refractivity contribution in [1.29, 1.82) is 0 Å². The third-order valence-electron chi connectivity index (χ3n) is 5.10. The minimum atomic E-state index is -4.65. The van der Waals surface area contributed by atoms with E-state index in [1.165, 1.54) is 18.2 Å². The van der Waals surface area contributed by atoms with Gasteiger partial charge >= 0.3 is 6.18 Å². The average Bonchev–Trinajstić information content (AvgIpc) is 2.57. The summed E-state index contributed by atoms with van der Waals surface area (Å²) in [6, 6.07) is 4.06. The van der Waals surface area contributed by atoms with E-state index in [1.807, 2.05) is 19.6 Å². The Balaban J connectivity index is 2.95. The van der Waals surface area contributed by atoms with Crippen LogP contribution in [0.15, 0.2) is 24.4 Å². The number of hydrogen-bond donors (Lipinski definition) is 0. The van der Waals surface area contributed by atoms with Crippen LogP contribution in [-0.4, -0.2) is 14.3 Å². The van der Waals surface area contributed by atoms with Gasteiger partial charge < -0.3 is 0 Å². The van der Waals surface area contributed by atoms with Gasteiger partial charge in [0.1, 0.15) is 7.05 Å². The van der Waals surface area contributed by atoms with Crippen LogP contribution >= 0.6 is 0 Å². The molecule has 2 aromatic rings. The lowest BCUT2D eigenvalue weighted by Gasteiger charge is -2.30. The lowest BCUT2D eigenvalue weighted by Crippen LogP contribution is -2.46. The average molecular weight is 401 g/mol. The molecule has 148 valence electrons. The molecule has 1 heterocycles. The molecule has 0 spiro atoms. The normalized spacial score (nSPS) is 17.4. The first kappa shape index (κ1) is 14.4. The van der Waals surface area contributed by atoms with Crippen molar-refractivity contribution in [2.45, 2.75) is 65.7 Å². The van der Waals surface area contributed by atoms with Crippen molar-refractivity contribution in [1.82, 2.24) is 0 Å². The Hall–Kier alpha value is -1.62. The lowest BCUT2D eigenvalue weighted by atomic mass is 9.79. The molecule has 1 nitrogen and oxygen atoms in total. The predicted molar refractivity (Wildman–Crippen MR) is 109 cm³/mol. The molecule has 0 unspecified atom stereocenters. The number of hydrogen-bond acceptors (Lipinski definition) is 0. The zero-order valence-electron chi connectivity index (χ0n) is 22.9. The number of benzene rings is 1. The molecule has 5 heteroatoms. The summed E-state index contributed by atoms with van der Waals surface area (Å²) in [6.07, 6.45) is -2.90. The second kappa shape index (κ2) is 6.76. The van der Waals surface area contributed by atoms with Crippen molar-refractivity contribution in [2.24, 2.45) is 7.05 Å². The quantitative estimate of drug-likeness (QED) is 0.474. The molecule has 0 amide bonds. The smallest absolute Gasteiger partial charge is 0.201 e. The Bertz CT molecular complexity index is 1060. The van der Waals surface area contributed by atoms with Crippen LogP contribution < -0.4 is 9.75 Å². The molecule has 0 N–H and O–H groups in total. The largest absolute Gasteiger partial charge is 0.397 e. The van der Waals surface area contributed by atoms with Gasteiger partial charge in [0.25, 0.3) is 0 Å². The molecule has 0 atom stereocenters. The molecule has 0 fully saturated rings. The summed E-state index contributed by atoms with van der Waals surface area (Å²) >= 11 is 0. The van der Waals surface area contributed by atoms with E-state index in [0.29, 0.717) is 16.8 Å². The van der Waals surface area contributed by atoms with Crippen molar-refractivity contribution in [3.05, 3.63) is 46.6 Å². The van der Waals surface area contributed by atoms with E-state index in [0.717, 1.165) is 19.0 Å². The van der Waals surface area contributed by atoms with E-state index < -0.39 is 38.9 Å². The minimum Gasteiger partial charge on any atom is -0.201 e. The van der Waals surface area contributed by atoms with Gasteiger partial charge in [0.15, 0.2) is 6.20 Å². The zero-order chi connectivity index (χ0) is 25.9. The summed E-state index contributed by atoms with van der Waals surface area (Å²) in [5.74, 6) is 0. The number of halogens is 3. The summed E-state index contributed by atoms with van der Waals surface area (Å²) in [5.41, 5.74) is -1.65. The Kier molecular flexibility index (Phi) is 3.60. The summed E-state index contributed by atoms with van der Waals surface area (Å²) in [5, 5.41) is 0.747. The summed E-state index contributed by atoms with van der Waals surface area (Å²) in [7, 11) is -0.322. The molecule has 0 aliphatic carbocycles. The molecular weight excluding hydrogens is 363 g/mol. The SMILES string of the molecule is [2H]C([2H])([2H])c1cc(-c2cc(C([2H])([2H])[2H])c([Si](C)(C)C)c[n+]2C)c(C)cc1C(C)(C)C(F)(F)F. The zero-order valence-corrected chi connectivity index (χ0v) is 17.9. The molecular formula is C22H31F3NSi+. The van der Waals surface area contributed by atoms with Crippen molar-refractivity contribution in [3.8, 4) is 11.3 Å². The van der Waals surface area contributed by atoms with Crippen LogP contribution in [0.4, 0.5) is 13.2 Å². The lowest BCUT2D eigenvalue weighted by molar-refractivity contribution is -0.659. The van der Waals surface area contributed by atoms with Gasteiger partial charge in [-0.15, -0.1) is 0 Å². The van der Waals surface area contributed by atoms with Crippen LogP contribution in [-0.2, 0) is 12.5 Å². The number of rotatable bonds is 3. The van der Waals surface area contributed by atoms with Crippen molar-refractivity contribution in [3.63, 3.8) is 0 Å². The van der Waals surface area contributed by atoms with Gasteiger partial charge in [-0.3, -0.25) is 0 Å². The van der Waals surface area contributed by atoms with E-state index in [4.69, 9.17) is 8.22 Å². The number of nitrogens with zero attached hydrogens (tertiary/aromatic N) is 1. The van der Waals surface area contributed by atoms with Gasteiger partial charge in [-0.05, 0) is 62.8 Å². The van der Waals surface area contributed by atoms with E-state index in [2.05, 4.69) is 0 Å². The first-order chi connectivity index (χ1) is 14.5. The first-order valence-electron chi connectivity index (χ1n) is 11.8. The molecule has 0 saturated heterocycles. The fraction of sp³-hybridized carbons (Fsp3) is 0.500. The van der Waals surface area contributed by atoms with Crippen LogP contribution in [0.5, 0.6) is 0 Å². The predicted octanol–water partition coefficient (Wildman–Crippen LogP) is 5.49. The van der Waals surface area contributed by atoms with Gasteiger partial charge in [-0.2, -0.15) is 13.2 Å². The molecule has 0 radical (unpaired) electrons. The topological polar surface area (TPSA) is 3.88 Å². The van der Waals surface area contributed by atoms with Crippen LogP contribution in [0.2, 0.25) is 19.6 Å². The highest BCUT2D eigenvalue weighted by Crippen LogP contribution is 2.43. The number of pyridine rings is 1. The van der Waals surface area contributed by atoms with Crippen LogP contribution in [0, 0.1) is 20.6 Å². The fourth-order valence-electron chi connectivity index (χ4n) is 3.17. The summed E-state index contributed by atoms with van der Waals surface area (Å²) in [4.78, 5) is 0. The van der Waals surface area contributed by atoms with E-state index >= 15 is 0 Å². The molecule has 0 bridgehead atoms. The van der Waals surface area contributed by atoms with Crippen LogP contribution in [0.25, 0.3) is 11.3 Å². The Morgan fingerprint density at radius 1 is 0.963 bits per heavy atom.